The predicted molar refractivity (Wildman–Crippen MR) is 80.2 cm³/mol. The molecule has 1 aromatic rings. The van der Waals surface area contributed by atoms with E-state index in [1.165, 1.54) is 12.1 Å². The molecule has 0 aliphatic heterocycles. The van der Waals surface area contributed by atoms with Crippen molar-refractivity contribution in [3.8, 4) is 0 Å². The first-order chi connectivity index (χ1) is 9.56. The van der Waals surface area contributed by atoms with Crippen molar-refractivity contribution in [1.29, 1.82) is 0 Å². The average molecular weight is 300 g/mol. The van der Waals surface area contributed by atoms with Gasteiger partial charge in [-0.1, -0.05) is 6.07 Å². The smallest absolute Gasteiger partial charge is 0.315 e. The van der Waals surface area contributed by atoms with Crippen LogP contribution in [0.15, 0.2) is 18.2 Å². The highest BCUT2D eigenvalue weighted by Crippen LogP contribution is 2.16. The van der Waals surface area contributed by atoms with Gasteiger partial charge >= 0.3 is 6.03 Å². The summed E-state index contributed by atoms with van der Waals surface area (Å²) in [4.78, 5) is 11.7. The lowest BCUT2D eigenvalue weighted by Crippen LogP contribution is -2.40. The molecular formula is C14H21FN2O2S. The van der Waals surface area contributed by atoms with Gasteiger partial charge in [-0.2, -0.15) is 11.8 Å². The number of carbonyl (C=O) groups excluding carboxylic acids is 1. The quantitative estimate of drug-likeness (QED) is 0.724. The molecule has 0 aliphatic rings. The highest BCUT2D eigenvalue weighted by atomic mass is 32.2. The molecule has 0 fully saturated rings. The largest absolute Gasteiger partial charge is 0.396 e. The van der Waals surface area contributed by atoms with Crippen LogP contribution in [-0.2, 0) is 12.3 Å². The molecule has 0 heterocycles. The molecule has 112 valence electrons. The van der Waals surface area contributed by atoms with Gasteiger partial charge in [0.15, 0.2) is 0 Å². The SMILES string of the molecule is CSCc1cc(F)ccc1CNC(=O)N[C@H](C)CCO. The zero-order valence-corrected chi connectivity index (χ0v) is 12.6. The Morgan fingerprint density at radius 3 is 2.85 bits per heavy atom. The zero-order valence-electron chi connectivity index (χ0n) is 11.8. The van der Waals surface area contributed by atoms with E-state index < -0.39 is 0 Å². The van der Waals surface area contributed by atoms with Crippen LogP contribution in [0.2, 0.25) is 0 Å². The van der Waals surface area contributed by atoms with Crippen LogP contribution < -0.4 is 10.6 Å². The molecule has 6 heteroatoms. The maximum atomic E-state index is 13.2. The van der Waals surface area contributed by atoms with E-state index in [0.717, 1.165) is 11.1 Å². The van der Waals surface area contributed by atoms with Gasteiger partial charge in [0.1, 0.15) is 5.82 Å². The third-order valence-corrected chi connectivity index (χ3v) is 3.45. The monoisotopic (exact) mass is 300 g/mol. The highest BCUT2D eigenvalue weighted by Gasteiger charge is 2.08. The van der Waals surface area contributed by atoms with Crippen LogP contribution in [0.4, 0.5) is 9.18 Å². The molecule has 0 aliphatic carbocycles. The summed E-state index contributed by atoms with van der Waals surface area (Å²) >= 11 is 1.61. The van der Waals surface area contributed by atoms with Crippen LogP contribution in [-0.4, -0.2) is 30.0 Å². The van der Waals surface area contributed by atoms with E-state index in [9.17, 15) is 9.18 Å². The molecule has 1 aromatic carbocycles. The minimum Gasteiger partial charge on any atom is -0.396 e. The number of amides is 2. The third kappa shape index (κ3) is 5.79. The van der Waals surface area contributed by atoms with Crippen LogP contribution in [0.1, 0.15) is 24.5 Å². The Morgan fingerprint density at radius 2 is 2.20 bits per heavy atom. The summed E-state index contributed by atoms with van der Waals surface area (Å²) < 4.78 is 13.2. The summed E-state index contributed by atoms with van der Waals surface area (Å²) in [6, 6.07) is 4.22. The molecular weight excluding hydrogens is 279 g/mol. The van der Waals surface area contributed by atoms with Crippen LogP contribution in [0.3, 0.4) is 0 Å². The fraction of sp³-hybridized carbons (Fsp3) is 0.500. The van der Waals surface area contributed by atoms with Crippen molar-refractivity contribution in [1.82, 2.24) is 10.6 Å². The first-order valence-corrected chi connectivity index (χ1v) is 7.87. The van der Waals surface area contributed by atoms with E-state index in [-0.39, 0.29) is 24.5 Å². The van der Waals surface area contributed by atoms with Gasteiger partial charge in [0.25, 0.3) is 0 Å². The van der Waals surface area contributed by atoms with E-state index >= 15 is 0 Å². The van der Waals surface area contributed by atoms with Crippen LogP contribution in [0.25, 0.3) is 0 Å². The lowest BCUT2D eigenvalue weighted by Gasteiger charge is -2.14. The number of hydrogen-bond acceptors (Lipinski definition) is 3. The van der Waals surface area contributed by atoms with E-state index in [1.807, 2.05) is 13.2 Å². The number of rotatable bonds is 7. The number of aliphatic hydroxyl groups is 1. The molecule has 1 rings (SSSR count). The van der Waals surface area contributed by atoms with Crippen LogP contribution in [0.5, 0.6) is 0 Å². The number of urea groups is 1. The Balaban J connectivity index is 2.54. The molecule has 0 saturated heterocycles. The summed E-state index contributed by atoms with van der Waals surface area (Å²) in [6.07, 6.45) is 2.47. The van der Waals surface area contributed by atoms with E-state index in [0.29, 0.717) is 18.7 Å². The van der Waals surface area contributed by atoms with Crippen molar-refractivity contribution in [2.45, 2.75) is 31.7 Å². The number of thioether (sulfide) groups is 1. The number of nitrogens with one attached hydrogen (secondary N) is 2. The molecule has 0 saturated carbocycles. The summed E-state index contributed by atoms with van der Waals surface area (Å²) in [5, 5.41) is 14.2. The Morgan fingerprint density at radius 1 is 1.45 bits per heavy atom. The maximum Gasteiger partial charge on any atom is 0.315 e. The lowest BCUT2D eigenvalue weighted by atomic mass is 10.1. The molecule has 0 aromatic heterocycles. The fourth-order valence-electron chi connectivity index (χ4n) is 1.77. The minimum atomic E-state index is -0.287. The van der Waals surface area contributed by atoms with E-state index in [1.54, 1.807) is 17.8 Å². The lowest BCUT2D eigenvalue weighted by molar-refractivity contribution is 0.230. The molecule has 3 N–H and O–H groups in total. The fourth-order valence-corrected chi connectivity index (χ4v) is 2.35. The molecule has 4 nitrogen and oxygen atoms in total. The topological polar surface area (TPSA) is 61.4 Å². The van der Waals surface area contributed by atoms with Crippen LogP contribution in [0, 0.1) is 5.82 Å². The number of aliphatic hydroxyl groups excluding tert-OH is 1. The summed E-state index contributed by atoms with van der Waals surface area (Å²) in [5.41, 5.74) is 1.80. The average Bonchev–Trinajstić information content (AvgIpc) is 2.38. The predicted octanol–water partition coefficient (Wildman–Crippen LogP) is 2.26. The molecule has 1 atom stereocenters. The number of benzene rings is 1. The second-order valence-corrected chi connectivity index (χ2v) is 5.45. The summed E-state index contributed by atoms with van der Waals surface area (Å²) in [5.74, 6) is 0.441. The van der Waals surface area contributed by atoms with Gasteiger partial charge in [-0.15, -0.1) is 0 Å². The van der Waals surface area contributed by atoms with Gasteiger partial charge in [-0.25, -0.2) is 9.18 Å². The molecule has 0 spiro atoms. The molecule has 0 unspecified atom stereocenters. The van der Waals surface area contributed by atoms with Gasteiger partial charge in [0, 0.05) is 24.9 Å². The van der Waals surface area contributed by atoms with E-state index in [4.69, 9.17) is 5.11 Å². The van der Waals surface area contributed by atoms with Crippen molar-refractivity contribution in [2.24, 2.45) is 0 Å². The molecule has 0 radical (unpaired) electrons. The Kier molecular flexibility index (Phi) is 7.40. The maximum absolute atomic E-state index is 13.2. The second-order valence-electron chi connectivity index (χ2n) is 4.59. The summed E-state index contributed by atoms with van der Waals surface area (Å²) in [7, 11) is 0. The number of carbonyl (C=O) groups is 1. The third-order valence-electron chi connectivity index (χ3n) is 2.85. The van der Waals surface area contributed by atoms with Gasteiger partial charge in [0.05, 0.1) is 0 Å². The second kappa shape index (κ2) is 8.81. The van der Waals surface area contributed by atoms with E-state index in [2.05, 4.69) is 10.6 Å². The first kappa shape index (κ1) is 16.8. The van der Waals surface area contributed by atoms with Crippen molar-refractivity contribution in [3.63, 3.8) is 0 Å². The Labute approximate surface area is 123 Å². The minimum absolute atomic E-state index is 0.0390. The van der Waals surface area contributed by atoms with Gasteiger partial charge in [0.2, 0.25) is 0 Å². The Hall–Kier alpha value is -1.27. The van der Waals surface area contributed by atoms with Crippen molar-refractivity contribution in [2.75, 3.05) is 12.9 Å². The number of halogens is 1. The molecule has 2 amide bonds. The van der Waals surface area contributed by atoms with Crippen molar-refractivity contribution < 1.29 is 14.3 Å². The number of hydrogen-bond donors (Lipinski definition) is 3. The molecule has 0 bridgehead atoms. The molecule has 20 heavy (non-hydrogen) atoms. The Bertz CT molecular complexity index is 443. The van der Waals surface area contributed by atoms with Gasteiger partial charge in [-0.05, 0) is 42.9 Å². The normalized spacial score (nSPS) is 12.0. The highest BCUT2D eigenvalue weighted by molar-refractivity contribution is 7.97. The van der Waals surface area contributed by atoms with Gasteiger partial charge < -0.3 is 15.7 Å². The summed E-state index contributed by atoms with van der Waals surface area (Å²) in [6.45, 7) is 2.22. The van der Waals surface area contributed by atoms with Crippen molar-refractivity contribution in [3.05, 3.63) is 35.1 Å². The first-order valence-electron chi connectivity index (χ1n) is 6.48. The van der Waals surface area contributed by atoms with Crippen LogP contribution >= 0.6 is 11.8 Å². The van der Waals surface area contributed by atoms with Gasteiger partial charge in [-0.3, -0.25) is 0 Å². The standard InChI is InChI=1S/C14H21FN2O2S/c1-10(5-6-18)17-14(19)16-8-11-3-4-13(15)7-12(11)9-20-2/h3-4,7,10,18H,5-6,8-9H2,1-2H3,(H2,16,17,19)/t10-/m1/s1. The van der Waals surface area contributed by atoms with Crippen molar-refractivity contribution >= 4 is 17.8 Å². The zero-order chi connectivity index (χ0) is 15.0.